The molecule has 0 aromatic heterocycles. The zero-order chi connectivity index (χ0) is 20.6. The summed E-state index contributed by atoms with van der Waals surface area (Å²) in [7, 11) is 1.31. The standard InChI is InChI=1S/C11H11F2NO.C8H15NO3/c12-9-4-1-3-8(11(9)13)7-14-6-2-5-10(14)15;1-5(2)7(8(11)12-4)9-6(3)10/h1,3-4H,2,5-7H2;5,7H,1-4H3,(H,9,10). The fourth-order valence-corrected chi connectivity index (χ4v) is 2.59. The van der Waals surface area contributed by atoms with Gasteiger partial charge in [0.05, 0.1) is 7.11 Å². The molecule has 1 aliphatic rings. The smallest absolute Gasteiger partial charge is 0.328 e. The molecule has 0 spiro atoms. The fourth-order valence-electron chi connectivity index (χ4n) is 2.59. The van der Waals surface area contributed by atoms with Crippen molar-refractivity contribution in [2.45, 2.75) is 46.2 Å². The van der Waals surface area contributed by atoms with Crippen LogP contribution >= 0.6 is 0 Å². The Morgan fingerprint density at radius 2 is 1.96 bits per heavy atom. The van der Waals surface area contributed by atoms with E-state index in [0.29, 0.717) is 13.0 Å². The normalized spacial score (nSPS) is 14.5. The average Bonchev–Trinajstić information content (AvgIpc) is 3.01. The summed E-state index contributed by atoms with van der Waals surface area (Å²) < 4.78 is 30.7. The van der Waals surface area contributed by atoms with E-state index in [2.05, 4.69) is 10.1 Å². The number of carbonyl (C=O) groups is 3. The number of likely N-dealkylation sites (tertiary alicyclic amines) is 1. The summed E-state index contributed by atoms with van der Waals surface area (Å²) in [6.07, 6.45) is 1.31. The minimum Gasteiger partial charge on any atom is -0.467 e. The van der Waals surface area contributed by atoms with Crippen molar-refractivity contribution in [2.75, 3.05) is 13.7 Å². The molecule has 0 radical (unpaired) electrons. The lowest BCUT2D eigenvalue weighted by molar-refractivity contribution is -0.146. The molecule has 1 atom stereocenters. The van der Waals surface area contributed by atoms with Gasteiger partial charge >= 0.3 is 5.97 Å². The van der Waals surface area contributed by atoms with Gasteiger partial charge in [0.2, 0.25) is 11.8 Å². The maximum Gasteiger partial charge on any atom is 0.328 e. The Labute approximate surface area is 157 Å². The molecule has 6 nitrogen and oxygen atoms in total. The highest BCUT2D eigenvalue weighted by Gasteiger charge is 2.23. The molecule has 1 saturated heterocycles. The maximum absolute atomic E-state index is 13.3. The second-order valence-electron chi connectivity index (χ2n) is 6.58. The monoisotopic (exact) mass is 384 g/mol. The van der Waals surface area contributed by atoms with Crippen LogP contribution in [0.2, 0.25) is 0 Å². The molecule has 0 bridgehead atoms. The lowest BCUT2D eigenvalue weighted by Gasteiger charge is -2.18. The molecule has 1 fully saturated rings. The van der Waals surface area contributed by atoms with E-state index in [9.17, 15) is 23.2 Å². The van der Waals surface area contributed by atoms with E-state index in [1.165, 1.54) is 26.2 Å². The van der Waals surface area contributed by atoms with E-state index in [4.69, 9.17) is 0 Å². The van der Waals surface area contributed by atoms with Crippen molar-refractivity contribution in [1.82, 2.24) is 10.2 Å². The predicted molar refractivity (Wildman–Crippen MR) is 95.5 cm³/mol. The van der Waals surface area contributed by atoms with Gasteiger partial charge in [-0.2, -0.15) is 0 Å². The van der Waals surface area contributed by atoms with Gasteiger partial charge in [0, 0.05) is 32.0 Å². The second-order valence-corrected chi connectivity index (χ2v) is 6.58. The largest absolute Gasteiger partial charge is 0.467 e. The number of hydrogen-bond acceptors (Lipinski definition) is 4. The number of hydrogen-bond donors (Lipinski definition) is 1. The highest BCUT2D eigenvalue weighted by Crippen LogP contribution is 2.17. The summed E-state index contributed by atoms with van der Waals surface area (Å²) in [5, 5.41) is 2.52. The van der Waals surface area contributed by atoms with Crippen LogP contribution in [-0.4, -0.2) is 42.4 Å². The highest BCUT2D eigenvalue weighted by molar-refractivity contribution is 5.83. The van der Waals surface area contributed by atoms with Crippen molar-refractivity contribution < 1.29 is 27.9 Å². The Bertz CT molecular complexity index is 680. The number of ether oxygens (including phenoxy) is 1. The van der Waals surface area contributed by atoms with Gasteiger partial charge in [-0.15, -0.1) is 0 Å². The van der Waals surface area contributed by atoms with Crippen molar-refractivity contribution in [3.8, 4) is 0 Å². The lowest BCUT2D eigenvalue weighted by atomic mass is 10.1. The SMILES string of the molecule is COC(=O)C(NC(C)=O)C(C)C.O=C1CCCN1Cc1cccc(F)c1F. The third-order valence-electron chi connectivity index (χ3n) is 4.04. The minimum atomic E-state index is -0.862. The zero-order valence-electron chi connectivity index (χ0n) is 16.1. The van der Waals surface area contributed by atoms with Crippen LogP contribution in [0.25, 0.3) is 0 Å². The third-order valence-corrected chi connectivity index (χ3v) is 4.04. The molecule has 2 rings (SSSR count). The van der Waals surface area contributed by atoms with Gasteiger partial charge in [-0.1, -0.05) is 26.0 Å². The van der Waals surface area contributed by atoms with Crippen molar-refractivity contribution in [3.05, 3.63) is 35.4 Å². The first-order valence-electron chi connectivity index (χ1n) is 8.73. The van der Waals surface area contributed by atoms with Crippen LogP contribution < -0.4 is 5.32 Å². The number of benzene rings is 1. The molecule has 150 valence electrons. The molecule has 0 aliphatic carbocycles. The number of rotatable bonds is 5. The van der Waals surface area contributed by atoms with Crippen LogP contribution in [-0.2, 0) is 25.7 Å². The van der Waals surface area contributed by atoms with E-state index in [-0.39, 0.29) is 29.8 Å². The van der Waals surface area contributed by atoms with Crippen LogP contribution in [0.4, 0.5) is 8.78 Å². The fraction of sp³-hybridized carbons (Fsp3) is 0.526. The minimum absolute atomic E-state index is 0.0126. The molecule has 1 aromatic rings. The van der Waals surface area contributed by atoms with E-state index in [0.717, 1.165) is 12.5 Å². The Hall–Kier alpha value is -2.51. The van der Waals surface area contributed by atoms with Crippen molar-refractivity contribution in [3.63, 3.8) is 0 Å². The van der Waals surface area contributed by atoms with Gasteiger partial charge in [0.1, 0.15) is 6.04 Å². The van der Waals surface area contributed by atoms with Crippen LogP contribution in [0.1, 0.15) is 39.2 Å². The number of esters is 1. The van der Waals surface area contributed by atoms with Crippen LogP contribution in [0.15, 0.2) is 18.2 Å². The molecule has 8 heteroatoms. The Morgan fingerprint density at radius 1 is 1.30 bits per heavy atom. The molecule has 1 unspecified atom stereocenters. The van der Waals surface area contributed by atoms with E-state index in [1.807, 2.05) is 13.8 Å². The quantitative estimate of drug-likeness (QED) is 0.791. The van der Waals surface area contributed by atoms with Gasteiger partial charge in [-0.3, -0.25) is 9.59 Å². The van der Waals surface area contributed by atoms with Gasteiger partial charge < -0.3 is 15.0 Å². The number of amides is 2. The predicted octanol–water partition coefficient (Wildman–Crippen LogP) is 2.41. The van der Waals surface area contributed by atoms with Gasteiger partial charge in [-0.05, 0) is 18.4 Å². The van der Waals surface area contributed by atoms with E-state index in [1.54, 1.807) is 4.90 Å². The van der Waals surface area contributed by atoms with Crippen molar-refractivity contribution in [2.24, 2.45) is 5.92 Å². The lowest BCUT2D eigenvalue weighted by Crippen LogP contribution is -2.44. The van der Waals surface area contributed by atoms with Crippen LogP contribution in [0.5, 0.6) is 0 Å². The average molecular weight is 384 g/mol. The van der Waals surface area contributed by atoms with E-state index >= 15 is 0 Å². The molecular weight excluding hydrogens is 358 g/mol. The highest BCUT2D eigenvalue weighted by atomic mass is 19.2. The number of nitrogens with one attached hydrogen (secondary N) is 1. The molecule has 1 aromatic carbocycles. The van der Waals surface area contributed by atoms with Gasteiger partial charge in [0.25, 0.3) is 0 Å². The van der Waals surface area contributed by atoms with Gasteiger partial charge in [0.15, 0.2) is 11.6 Å². The first kappa shape index (κ1) is 22.5. The summed E-state index contributed by atoms with van der Waals surface area (Å²) in [4.78, 5) is 34.6. The molecule has 1 aliphatic heterocycles. The molecule has 1 N–H and O–H groups in total. The van der Waals surface area contributed by atoms with Gasteiger partial charge in [-0.25, -0.2) is 13.6 Å². The summed E-state index contributed by atoms with van der Waals surface area (Å²) in [5.74, 6) is -2.28. The Kier molecular flexibility index (Phi) is 8.84. The van der Waals surface area contributed by atoms with Crippen molar-refractivity contribution in [1.29, 1.82) is 0 Å². The third kappa shape index (κ3) is 6.96. The van der Waals surface area contributed by atoms with Crippen LogP contribution in [0.3, 0.4) is 0 Å². The van der Waals surface area contributed by atoms with Crippen LogP contribution in [0, 0.1) is 17.6 Å². The molecule has 27 heavy (non-hydrogen) atoms. The number of nitrogens with zero attached hydrogens (tertiary/aromatic N) is 1. The topological polar surface area (TPSA) is 75.7 Å². The summed E-state index contributed by atoms with van der Waals surface area (Å²) in [5.41, 5.74) is 0.241. The Balaban J connectivity index is 0.000000279. The summed E-state index contributed by atoms with van der Waals surface area (Å²) in [6.45, 7) is 5.87. The molecular formula is C19H26F2N2O4. The number of carbonyl (C=O) groups excluding carboxylic acids is 3. The number of methoxy groups -OCH3 is 1. The second kappa shape index (κ2) is 10.6. The Morgan fingerprint density at radius 3 is 2.44 bits per heavy atom. The molecule has 2 amide bonds. The first-order valence-corrected chi connectivity index (χ1v) is 8.73. The van der Waals surface area contributed by atoms with Crippen molar-refractivity contribution >= 4 is 17.8 Å². The summed E-state index contributed by atoms with van der Waals surface area (Å²) >= 11 is 0. The zero-order valence-corrected chi connectivity index (χ0v) is 16.1. The first-order chi connectivity index (χ1) is 12.7. The maximum atomic E-state index is 13.3. The molecule has 1 heterocycles. The van der Waals surface area contributed by atoms with E-state index < -0.39 is 23.6 Å². The number of halogens is 2. The summed E-state index contributed by atoms with van der Waals surface area (Å²) in [6, 6.07) is 3.50. The molecule has 0 saturated carbocycles.